The third-order valence-electron chi connectivity index (χ3n) is 5.46. The van der Waals surface area contributed by atoms with Crippen LogP contribution in [0.15, 0.2) is 66.9 Å². The van der Waals surface area contributed by atoms with E-state index in [1.54, 1.807) is 19.2 Å². The number of ketones is 1. The maximum Gasteiger partial charge on any atom is 0.203 e. The molecule has 0 saturated heterocycles. The predicted octanol–water partition coefficient (Wildman–Crippen LogP) is 4.96. The number of benzene rings is 3. The molecule has 164 valence electrons. The van der Waals surface area contributed by atoms with E-state index in [2.05, 4.69) is 16.7 Å². The zero-order chi connectivity index (χ0) is 22.7. The molecule has 0 saturated carbocycles. The molecule has 0 atom stereocenters. The van der Waals surface area contributed by atoms with E-state index in [9.17, 15) is 4.79 Å². The third-order valence-corrected chi connectivity index (χ3v) is 5.46. The molecule has 0 aliphatic heterocycles. The summed E-state index contributed by atoms with van der Waals surface area (Å²) in [6.45, 7) is 0.632. The molecule has 0 unspecified atom stereocenters. The average Bonchev–Trinajstić information content (AvgIpc) is 3.20. The Kier molecular flexibility index (Phi) is 6.03. The SMILES string of the molecule is COc1ccc2c(C(=O)c3cc(OC)c(OC)c(OC)c3)cn(Cc3ccccc3)c2c1. The van der Waals surface area contributed by atoms with Gasteiger partial charge in [-0.2, -0.15) is 0 Å². The first kappa shape index (κ1) is 21.3. The third kappa shape index (κ3) is 3.87. The summed E-state index contributed by atoms with van der Waals surface area (Å²) in [5.74, 6) is 1.92. The van der Waals surface area contributed by atoms with Crippen LogP contribution in [0.25, 0.3) is 10.9 Å². The molecule has 4 rings (SSSR count). The summed E-state index contributed by atoms with van der Waals surface area (Å²) in [6, 6.07) is 19.2. The Labute approximate surface area is 186 Å². The van der Waals surface area contributed by atoms with Crippen molar-refractivity contribution >= 4 is 16.7 Å². The smallest absolute Gasteiger partial charge is 0.203 e. The lowest BCUT2D eigenvalue weighted by Crippen LogP contribution is -2.04. The zero-order valence-electron chi connectivity index (χ0n) is 18.5. The fraction of sp³-hybridized carbons (Fsp3) is 0.192. The van der Waals surface area contributed by atoms with E-state index in [1.807, 2.05) is 42.6 Å². The van der Waals surface area contributed by atoms with Gasteiger partial charge in [-0.05, 0) is 29.8 Å². The summed E-state index contributed by atoms with van der Waals surface area (Å²) in [7, 11) is 6.23. The van der Waals surface area contributed by atoms with Crippen molar-refractivity contribution in [3.63, 3.8) is 0 Å². The van der Waals surface area contributed by atoms with Crippen molar-refractivity contribution in [1.82, 2.24) is 4.57 Å². The van der Waals surface area contributed by atoms with Gasteiger partial charge in [0.2, 0.25) is 5.75 Å². The topological polar surface area (TPSA) is 58.9 Å². The molecule has 0 aliphatic carbocycles. The average molecular weight is 431 g/mol. The summed E-state index contributed by atoms with van der Waals surface area (Å²) in [5, 5.41) is 0.848. The summed E-state index contributed by atoms with van der Waals surface area (Å²) >= 11 is 0. The highest BCUT2D eigenvalue weighted by atomic mass is 16.5. The van der Waals surface area contributed by atoms with Crippen molar-refractivity contribution in [2.75, 3.05) is 28.4 Å². The molecule has 1 heterocycles. The van der Waals surface area contributed by atoms with Crippen LogP contribution in [-0.4, -0.2) is 38.8 Å². The molecule has 0 bridgehead atoms. The summed E-state index contributed by atoms with van der Waals surface area (Å²) in [6.07, 6.45) is 1.89. The van der Waals surface area contributed by atoms with E-state index >= 15 is 0 Å². The molecular formula is C26H25NO5. The number of methoxy groups -OCH3 is 4. The molecule has 32 heavy (non-hydrogen) atoms. The highest BCUT2D eigenvalue weighted by Gasteiger charge is 2.22. The van der Waals surface area contributed by atoms with Crippen LogP contribution in [0.2, 0.25) is 0 Å². The summed E-state index contributed by atoms with van der Waals surface area (Å²) in [4.78, 5) is 13.6. The van der Waals surface area contributed by atoms with Crippen LogP contribution in [0.5, 0.6) is 23.0 Å². The number of ether oxygens (including phenoxy) is 4. The Balaban J connectivity index is 1.85. The largest absolute Gasteiger partial charge is 0.497 e. The predicted molar refractivity (Wildman–Crippen MR) is 124 cm³/mol. The minimum atomic E-state index is -0.133. The number of fused-ring (bicyclic) bond motifs is 1. The van der Waals surface area contributed by atoms with Gasteiger partial charge in [-0.1, -0.05) is 30.3 Å². The molecule has 0 N–H and O–H groups in total. The van der Waals surface area contributed by atoms with Gasteiger partial charge in [-0.3, -0.25) is 4.79 Å². The van der Waals surface area contributed by atoms with Gasteiger partial charge >= 0.3 is 0 Å². The van der Waals surface area contributed by atoms with Crippen molar-refractivity contribution in [2.45, 2.75) is 6.54 Å². The summed E-state index contributed by atoms with van der Waals surface area (Å²) in [5.41, 5.74) is 3.10. The Bertz CT molecular complexity index is 1240. The molecule has 6 heteroatoms. The maximum absolute atomic E-state index is 13.6. The Morgan fingerprint density at radius 2 is 1.50 bits per heavy atom. The van der Waals surface area contributed by atoms with E-state index < -0.39 is 0 Å². The number of nitrogens with zero attached hydrogens (tertiary/aromatic N) is 1. The molecule has 1 aromatic heterocycles. The van der Waals surface area contributed by atoms with Gasteiger partial charge in [0.25, 0.3) is 0 Å². The normalized spacial score (nSPS) is 10.8. The van der Waals surface area contributed by atoms with Crippen molar-refractivity contribution in [3.8, 4) is 23.0 Å². The van der Waals surface area contributed by atoms with Crippen LogP contribution in [0.3, 0.4) is 0 Å². The molecule has 3 aromatic carbocycles. The molecule has 0 aliphatic rings. The minimum Gasteiger partial charge on any atom is -0.497 e. The molecule has 6 nitrogen and oxygen atoms in total. The van der Waals surface area contributed by atoms with Gasteiger partial charge in [-0.25, -0.2) is 0 Å². The standard InChI is InChI=1S/C26H25NO5/c1-29-19-10-11-20-21(16-27(22(20)14-19)15-17-8-6-5-7-9-17)25(28)18-12-23(30-2)26(32-4)24(13-18)31-3/h5-14,16H,15H2,1-4H3. The van der Waals surface area contributed by atoms with Crippen molar-refractivity contribution in [2.24, 2.45) is 0 Å². The lowest BCUT2D eigenvalue weighted by molar-refractivity contribution is 0.103. The van der Waals surface area contributed by atoms with Crippen molar-refractivity contribution < 1.29 is 23.7 Å². The summed E-state index contributed by atoms with van der Waals surface area (Å²) < 4.78 is 23.7. The minimum absolute atomic E-state index is 0.133. The number of aromatic nitrogens is 1. The number of rotatable bonds is 8. The van der Waals surface area contributed by atoms with Crippen LogP contribution in [0, 0.1) is 0 Å². The highest BCUT2D eigenvalue weighted by Crippen LogP contribution is 2.39. The van der Waals surface area contributed by atoms with E-state index in [-0.39, 0.29) is 5.78 Å². The maximum atomic E-state index is 13.6. The van der Waals surface area contributed by atoms with E-state index in [1.165, 1.54) is 21.3 Å². The second-order valence-electron chi connectivity index (χ2n) is 7.28. The van der Waals surface area contributed by atoms with E-state index in [0.717, 1.165) is 22.2 Å². The monoisotopic (exact) mass is 431 g/mol. The number of carbonyl (C=O) groups is 1. The first-order valence-corrected chi connectivity index (χ1v) is 10.1. The van der Waals surface area contributed by atoms with Crippen LogP contribution >= 0.6 is 0 Å². The van der Waals surface area contributed by atoms with Crippen molar-refractivity contribution in [1.29, 1.82) is 0 Å². The Morgan fingerprint density at radius 1 is 0.812 bits per heavy atom. The number of hydrogen-bond donors (Lipinski definition) is 0. The van der Waals surface area contributed by atoms with Gasteiger partial charge in [0.15, 0.2) is 17.3 Å². The van der Waals surface area contributed by atoms with E-state index in [4.69, 9.17) is 18.9 Å². The van der Waals surface area contributed by atoms with Crippen LogP contribution in [-0.2, 0) is 6.54 Å². The lowest BCUT2D eigenvalue weighted by atomic mass is 10.0. The second kappa shape index (κ2) is 9.06. The van der Waals surface area contributed by atoms with Gasteiger partial charge in [0, 0.05) is 35.3 Å². The Morgan fingerprint density at radius 3 is 2.09 bits per heavy atom. The second-order valence-corrected chi connectivity index (χ2v) is 7.28. The van der Waals surface area contributed by atoms with Gasteiger partial charge in [-0.15, -0.1) is 0 Å². The Hall–Kier alpha value is -3.93. The van der Waals surface area contributed by atoms with Crippen LogP contribution in [0.4, 0.5) is 0 Å². The molecular weight excluding hydrogens is 406 g/mol. The molecule has 0 spiro atoms. The molecule has 4 aromatic rings. The highest BCUT2D eigenvalue weighted by molar-refractivity contribution is 6.17. The first-order chi connectivity index (χ1) is 15.6. The first-order valence-electron chi connectivity index (χ1n) is 10.1. The molecule has 0 radical (unpaired) electrons. The van der Waals surface area contributed by atoms with E-state index in [0.29, 0.717) is 34.9 Å². The fourth-order valence-electron chi connectivity index (χ4n) is 3.86. The fourth-order valence-corrected chi connectivity index (χ4v) is 3.86. The molecule has 0 amide bonds. The quantitative estimate of drug-likeness (QED) is 0.369. The van der Waals surface area contributed by atoms with Gasteiger partial charge < -0.3 is 23.5 Å². The van der Waals surface area contributed by atoms with Gasteiger partial charge in [0.1, 0.15) is 5.75 Å². The van der Waals surface area contributed by atoms with Crippen LogP contribution < -0.4 is 18.9 Å². The van der Waals surface area contributed by atoms with Crippen molar-refractivity contribution in [3.05, 3.63) is 83.6 Å². The lowest BCUT2D eigenvalue weighted by Gasteiger charge is -2.13. The molecule has 0 fully saturated rings. The van der Waals surface area contributed by atoms with Gasteiger partial charge in [0.05, 0.1) is 34.0 Å². The van der Waals surface area contributed by atoms with Crippen LogP contribution in [0.1, 0.15) is 21.5 Å². The zero-order valence-corrected chi connectivity index (χ0v) is 18.5. The number of hydrogen-bond acceptors (Lipinski definition) is 5. The number of carbonyl (C=O) groups excluding carboxylic acids is 1.